The van der Waals surface area contributed by atoms with Crippen molar-refractivity contribution in [3.63, 3.8) is 0 Å². The molecule has 0 spiro atoms. The Labute approximate surface area is 91.3 Å². The van der Waals surface area contributed by atoms with Crippen LogP contribution in [0.4, 0.5) is 0 Å². The van der Waals surface area contributed by atoms with Gasteiger partial charge >= 0.3 is 5.97 Å². The van der Waals surface area contributed by atoms with Crippen molar-refractivity contribution in [3.8, 4) is 0 Å². The van der Waals surface area contributed by atoms with Gasteiger partial charge in [-0.15, -0.1) is 0 Å². The topological polar surface area (TPSA) is 47.6 Å². The lowest BCUT2D eigenvalue weighted by atomic mass is 10.1. The largest absolute Gasteiger partial charge is 0.459 e. The predicted molar refractivity (Wildman–Crippen MR) is 57.7 cm³/mol. The van der Waals surface area contributed by atoms with E-state index in [0.29, 0.717) is 13.2 Å². The average molecular weight is 215 g/mol. The number of morpholine rings is 1. The number of nitrogens with one attached hydrogen (secondary N) is 1. The van der Waals surface area contributed by atoms with E-state index in [4.69, 9.17) is 9.47 Å². The molecular weight excluding hydrogens is 194 g/mol. The van der Waals surface area contributed by atoms with Crippen molar-refractivity contribution >= 4 is 5.97 Å². The summed E-state index contributed by atoms with van der Waals surface area (Å²) in [4.78, 5) is 11.7. The Bertz CT molecular complexity index is 222. The molecule has 1 fully saturated rings. The van der Waals surface area contributed by atoms with Gasteiger partial charge in [0.25, 0.3) is 0 Å². The number of esters is 1. The van der Waals surface area contributed by atoms with Crippen LogP contribution in [-0.2, 0) is 14.3 Å². The molecule has 0 amide bonds. The number of hydrogen-bond acceptors (Lipinski definition) is 4. The lowest BCUT2D eigenvalue weighted by molar-refractivity contribution is -0.161. The van der Waals surface area contributed by atoms with Crippen LogP contribution >= 0.6 is 0 Å². The summed E-state index contributed by atoms with van der Waals surface area (Å²) in [6.45, 7) is 8.75. The first-order valence-corrected chi connectivity index (χ1v) is 5.49. The molecule has 1 N–H and O–H groups in total. The highest BCUT2D eigenvalue weighted by atomic mass is 16.6. The van der Waals surface area contributed by atoms with Gasteiger partial charge in [0, 0.05) is 6.04 Å². The molecule has 0 bridgehead atoms. The first-order valence-electron chi connectivity index (χ1n) is 5.49. The summed E-state index contributed by atoms with van der Waals surface area (Å²) in [6.07, 6.45) is 0.958. The molecular formula is C11H21NO3. The van der Waals surface area contributed by atoms with Crippen LogP contribution in [0.15, 0.2) is 0 Å². The molecule has 0 aromatic rings. The fourth-order valence-electron chi connectivity index (χ4n) is 1.45. The van der Waals surface area contributed by atoms with E-state index in [1.54, 1.807) is 0 Å². The van der Waals surface area contributed by atoms with Crippen LogP contribution < -0.4 is 5.32 Å². The Kier molecular flexibility index (Phi) is 4.11. The van der Waals surface area contributed by atoms with Gasteiger partial charge in [-0.2, -0.15) is 0 Å². The first kappa shape index (κ1) is 12.5. The van der Waals surface area contributed by atoms with Crippen LogP contribution in [-0.4, -0.2) is 36.9 Å². The lowest BCUT2D eigenvalue weighted by Crippen LogP contribution is -2.53. The summed E-state index contributed by atoms with van der Waals surface area (Å²) in [5, 5.41) is 3.23. The van der Waals surface area contributed by atoms with Crippen LogP contribution in [0.3, 0.4) is 0 Å². The van der Waals surface area contributed by atoms with Crippen molar-refractivity contribution in [3.05, 3.63) is 0 Å². The predicted octanol–water partition coefficient (Wildman–Crippen LogP) is 1.10. The minimum atomic E-state index is -0.433. The zero-order chi connectivity index (χ0) is 11.5. The summed E-state index contributed by atoms with van der Waals surface area (Å²) in [5.74, 6) is -0.222. The highest BCUT2D eigenvalue weighted by Crippen LogP contribution is 2.11. The van der Waals surface area contributed by atoms with E-state index < -0.39 is 5.60 Å². The molecule has 4 nitrogen and oxygen atoms in total. The van der Waals surface area contributed by atoms with E-state index in [2.05, 4.69) is 12.2 Å². The molecule has 0 aliphatic carbocycles. The molecule has 0 aromatic heterocycles. The lowest BCUT2D eigenvalue weighted by Gasteiger charge is -2.31. The summed E-state index contributed by atoms with van der Waals surface area (Å²) in [6, 6.07) is -0.0563. The Balaban J connectivity index is 2.45. The Morgan fingerprint density at radius 3 is 2.67 bits per heavy atom. The van der Waals surface area contributed by atoms with Gasteiger partial charge in [-0.25, -0.2) is 0 Å². The number of carbonyl (C=O) groups excluding carboxylic acids is 1. The molecule has 15 heavy (non-hydrogen) atoms. The van der Waals surface area contributed by atoms with E-state index in [0.717, 1.165) is 6.42 Å². The fourth-order valence-corrected chi connectivity index (χ4v) is 1.45. The zero-order valence-electron chi connectivity index (χ0n) is 10.0. The van der Waals surface area contributed by atoms with Crippen LogP contribution in [0, 0.1) is 0 Å². The van der Waals surface area contributed by atoms with Gasteiger partial charge in [-0.05, 0) is 27.2 Å². The van der Waals surface area contributed by atoms with Gasteiger partial charge in [-0.1, -0.05) is 6.92 Å². The van der Waals surface area contributed by atoms with E-state index in [-0.39, 0.29) is 18.1 Å². The van der Waals surface area contributed by atoms with Gasteiger partial charge < -0.3 is 9.47 Å². The summed E-state index contributed by atoms with van der Waals surface area (Å²) < 4.78 is 10.6. The number of carbonyl (C=O) groups is 1. The maximum Gasteiger partial charge on any atom is 0.326 e. The monoisotopic (exact) mass is 215 g/mol. The van der Waals surface area contributed by atoms with E-state index in [9.17, 15) is 4.79 Å². The van der Waals surface area contributed by atoms with Gasteiger partial charge in [0.1, 0.15) is 11.6 Å². The molecule has 0 aromatic carbocycles. The Morgan fingerprint density at radius 1 is 1.47 bits per heavy atom. The fraction of sp³-hybridized carbons (Fsp3) is 0.909. The number of hydrogen-bond donors (Lipinski definition) is 1. The molecule has 1 heterocycles. The van der Waals surface area contributed by atoms with Gasteiger partial charge in [-0.3, -0.25) is 10.1 Å². The second-order valence-corrected chi connectivity index (χ2v) is 4.90. The maximum absolute atomic E-state index is 11.7. The third-order valence-electron chi connectivity index (χ3n) is 2.22. The van der Waals surface area contributed by atoms with Gasteiger partial charge in [0.2, 0.25) is 0 Å². The normalized spacial score (nSPS) is 27.5. The Hall–Kier alpha value is -0.610. The number of ether oxygens (including phenoxy) is 2. The molecule has 1 saturated heterocycles. The molecule has 1 rings (SSSR count). The highest BCUT2D eigenvalue weighted by Gasteiger charge is 2.29. The van der Waals surface area contributed by atoms with E-state index in [1.807, 2.05) is 20.8 Å². The van der Waals surface area contributed by atoms with Crippen LogP contribution in [0.5, 0.6) is 0 Å². The standard InChI is InChI=1S/C11H21NO3/c1-5-8-6-14-7-9(12-8)10(13)15-11(2,3)4/h8-9,12H,5-7H2,1-4H3/t8-,9-/m1/s1. The second kappa shape index (κ2) is 4.94. The number of rotatable bonds is 2. The van der Waals surface area contributed by atoms with Crippen molar-refractivity contribution in [1.82, 2.24) is 5.32 Å². The molecule has 2 atom stereocenters. The van der Waals surface area contributed by atoms with Crippen LogP contribution in [0.1, 0.15) is 34.1 Å². The van der Waals surface area contributed by atoms with E-state index in [1.165, 1.54) is 0 Å². The highest BCUT2D eigenvalue weighted by molar-refractivity contribution is 5.76. The smallest absolute Gasteiger partial charge is 0.326 e. The summed E-state index contributed by atoms with van der Waals surface area (Å²) >= 11 is 0. The molecule has 88 valence electrons. The van der Waals surface area contributed by atoms with Gasteiger partial charge in [0.15, 0.2) is 0 Å². The van der Waals surface area contributed by atoms with Crippen molar-refractivity contribution in [2.24, 2.45) is 0 Å². The molecule has 4 heteroatoms. The van der Waals surface area contributed by atoms with Crippen LogP contribution in [0.2, 0.25) is 0 Å². The minimum Gasteiger partial charge on any atom is -0.459 e. The molecule has 0 unspecified atom stereocenters. The first-order chi connectivity index (χ1) is 6.92. The Morgan fingerprint density at radius 2 is 2.13 bits per heavy atom. The minimum absolute atomic E-state index is 0.222. The van der Waals surface area contributed by atoms with Crippen molar-refractivity contribution < 1.29 is 14.3 Å². The van der Waals surface area contributed by atoms with Gasteiger partial charge in [0.05, 0.1) is 13.2 Å². The summed E-state index contributed by atoms with van der Waals surface area (Å²) in [7, 11) is 0. The average Bonchev–Trinajstić information content (AvgIpc) is 2.15. The molecule has 0 radical (unpaired) electrons. The quantitative estimate of drug-likeness (QED) is 0.701. The molecule has 0 saturated carbocycles. The summed E-state index contributed by atoms with van der Waals surface area (Å²) in [5.41, 5.74) is -0.433. The third kappa shape index (κ3) is 4.18. The molecule has 1 aliphatic heterocycles. The van der Waals surface area contributed by atoms with Crippen molar-refractivity contribution in [2.45, 2.75) is 51.8 Å². The second-order valence-electron chi connectivity index (χ2n) is 4.90. The third-order valence-corrected chi connectivity index (χ3v) is 2.22. The molecule has 1 aliphatic rings. The SMILES string of the molecule is CC[C@@H]1COC[C@H](C(=O)OC(C)(C)C)N1. The van der Waals surface area contributed by atoms with Crippen LogP contribution in [0.25, 0.3) is 0 Å². The van der Waals surface area contributed by atoms with E-state index >= 15 is 0 Å². The maximum atomic E-state index is 11.7. The zero-order valence-corrected chi connectivity index (χ0v) is 10.0. The van der Waals surface area contributed by atoms with Crippen molar-refractivity contribution in [1.29, 1.82) is 0 Å². The van der Waals surface area contributed by atoms with Crippen molar-refractivity contribution in [2.75, 3.05) is 13.2 Å².